The molecule has 2 aliphatic rings. The molecule has 2 fully saturated rings. The SMILES string of the molecule is CCCCCCCCCCCCN1C(=O)C(=Cc2c(N3CCC(C)CC3)nc3c(C)cccn3c2=O)SC1=S. The Morgan fingerprint density at radius 1 is 1.03 bits per heavy atom. The molecule has 0 radical (unpaired) electrons. The van der Waals surface area contributed by atoms with Gasteiger partial charge in [0.25, 0.3) is 11.5 Å². The fourth-order valence-electron chi connectivity index (χ4n) is 5.47. The second-order valence-electron chi connectivity index (χ2n) is 11.2. The first-order valence-electron chi connectivity index (χ1n) is 14.9. The van der Waals surface area contributed by atoms with Crippen molar-refractivity contribution in [2.24, 2.45) is 5.92 Å². The van der Waals surface area contributed by atoms with Crippen molar-refractivity contribution in [2.45, 2.75) is 97.8 Å². The molecule has 8 heteroatoms. The second-order valence-corrected chi connectivity index (χ2v) is 12.9. The molecule has 2 saturated heterocycles. The fraction of sp³-hybridized carbons (Fsp3) is 0.613. The minimum absolute atomic E-state index is 0.0899. The first-order valence-corrected chi connectivity index (χ1v) is 16.2. The van der Waals surface area contributed by atoms with Crippen LogP contribution in [-0.4, -0.2) is 44.1 Å². The van der Waals surface area contributed by atoms with Crippen LogP contribution >= 0.6 is 24.0 Å². The van der Waals surface area contributed by atoms with E-state index in [1.54, 1.807) is 21.6 Å². The summed E-state index contributed by atoms with van der Waals surface area (Å²) in [7, 11) is 0. The summed E-state index contributed by atoms with van der Waals surface area (Å²) in [6, 6.07) is 3.84. The van der Waals surface area contributed by atoms with E-state index in [9.17, 15) is 9.59 Å². The zero-order valence-electron chi connectivity index (χ0n) is 23.9. The number of unbranched alkanes of at least 4 members (excludes halogenated alkanes) is 9. The molecule has 4 rings (SSSR count). The van der Waals surface area contributed by atoms with Crippen LogP contribution in [-0.2, 0) is 4.79 Å². The van der Waals surface area contributed by atoms with Gasteiger partial charge in [-0.25, -0.2) is 4.98 Å². The smallest absolute Gasteiger partial charge is 0.267 e. The van der Waals surface area contributed by atoms with Crippen molar-refractivity contribution in [1.82, 2.24) is 14.3 Å². The van der Waals surface area contributed by atoms with Crippen LogP contribution in [0, 0.1) is 12.8 Å². The standard InChI is InChI=1S/C31H44N4O2S2/c1-4-5-6-7-8-9-10-11-12-13-18-35-30(37)26(39-31(35)38)22-25-28(33-20-16-23(2)17-21-33)32-27-24(3)15-14-19-34(27)29(25)36/h14-15,19,22-23H,4-13,16-18,20-21H2,1-3H3. The number of thiocarbonyl (C=S) groups is 1. The van der Waals surface area contributed by atoms with Crippen molar-refractivity contribution >= 4 is 51.7 Å². The van der Waals surface area contributed by atoms with Crippen LogP contribution < -0.4 is 10.5 Å². The van der Waals surface area contributed by atoms with Crippen LogP contribution in [0.5, 0.6) is 0 Å². The summed E-state index contributed by atoms with van der Waals surface area (Å²) in [5, 5.41) is 0. The molecule has 1 amide bonds. The number of rotatable bonds is 13. The van der Waals surface area contributed by atoms with Gasteiger partial charge in [0.1, 0.15) is 15.8 Å². The summed E-state index contributed by atoms with van der Waals surface area (Å²) in [6.45, 7) is 8.85. The molecule has 212 valence electrons. The number of carbonyl (C=O) groups excluding carboxylic acids is 1. The molecule has 0 N–H and O–H groups in total. The van der Waals surface area contributed by atoms with E-state index < -0.39 is 0 Å². The number of hydrogen-bond acceptors (Lipinski definition) is 6. The lowest BCUT2D eigenvalue weighted by molar-refractivity contribution is -0.122. The van der Waals surface area contributed by atoms with Crippen LogP contribution in [0.3, 0.4) is 0 Å². The van der Waals surface area contributed by atoms with Crippen molar-refractivity contribution in [3.8, 4) is 0 Å². The minimum Gasteiger partial charge on any atom is -0.356 e. The number of amides is 1. The van der Waals surface area contributed by atoms with E-state index in [-0.39, 0.29) is 11.5 Å². The number of carbonyl (C=O) groups is 1. The summed E-state index contributed by atoms with van der Waals surface area (Å²) in [5.74, 6) is 1.25. The topological polar surface area (TPSA) is 57.9 Å². The predicted molar refractivity (Wildman–Crippen MR) is 169 cm³/mol. The molecule has 0 unspecified atom stereocenters. The Hall–Kier alpha value is -2.19. The number of anilines is 1. The van der Waals surface area contributed by atoms with Gasteiger partial charge in [-0.2, -0.15) is 0 Å². The lowest BCUT2D eigenvalue weighted by Crippen LogP contribution is -2.36. The molecule has 2 aromatic heterocycles. The number of pyridine rings is 1. The van der Waals surface area contributed by atoms with Crippen LogP contribution in [0.25, 0.3) is 11.7 Å². The Bertz CT molecular complexity index is 1250. The number of nitrogens with zero attached hydrogens (tertiary/aromatic N) is 4. The molecule has 4 heterocycles. The first kappa shape index (κ1) is 29.8. The van der Waals surface area contributed by atoms with Crippen molar-refractivity contribution in [1.29, 1.82) is 0 Å². The Kier molecular flexibility index (Phi) is 11.0. The Morgan fingerprint density at radius 2 is 1.67 bits per heavy atom. The van der Waals surface area contributed by atoms with Gasteiger partial charge < -0.3 is 4.90 Å². The maximum Gasteiger partial charge on any atom is 0.267 e. The summed E-state index contributed by atoms with van der Waals surface area (Å²) in [6.07, 6.45) is 18.2. The maximum atomic E-state index is 13.7. The zero-order chi connectivity index (χ0) is 27.8. The average molecular weight is 569 g/mol. The zero-order valence-corrected chi connectivity index (χ0v) is 25.5. The number of hydrogen-bond donors (Lipinski definition) is 0. The number of aromatic nitrogens is 2. The molecule has 0 atom stereocenters. The molecular weight excluding hydrogens is 525 g/mol. The van der Waals surface area contributed by atoms with Gasteiger partial charge in [0.15, 0.2) is 0 Å². The van der Waals surface area contributed by atoms with Crippen molar-refractivity contribution < 1.29 is 4.79 Å². The molecule has 0 saturated carbocycles. The van der Waals surface area contributed by atoms with Crippen molar-refractivity contribution in [2.75, 3.05) is 24.5 Å². The fourth-order valence-corrected chi connectivity index (χ4v) is 6.76. The largest absolute Gasteiger partial charge is 0.356 e. The third-order valence-corrected chi connectivity index (χ3v) is 9.41. The van der Waals surface area contributed by atoms with Crippen LogP contribution in [0.4, 0.5) is 5.82 Å². The molecule has 0 bridgehead atoms. The maximum absolute atomic E-state index is 13.7. The third kappa shape index (κ3) is 7.51. The normalized spacial score (nSPS) is 17.8. The van der Waals surface area contributed by atoms with Crippen LogP contribution in [0.1, 0.15) is 102 Å². The number of aryl methyl sites for hydroxylation is 1. The highest BCUT2D eigenvalue weighted by Crippen LogP contribution is 2.34. The molecule has 0 aromatic carbocycles. The van der Waals surface area contributed by atoms with Crippen LogP contribution in [0.2, 0.25) is 0 Å². The first-order chi connectivity index (χ1) is 18.9. The summed E-state index contributed by atoms with van der Waals surface area (Å²) in [4.78, 5) is 36.5. The number of piperidine rings is 1. The third-order valence-electron chi connectivity index (χ3n) is 8.03. The Morgan fingerprint density at radius 3 is 2.33 bits per heavy atom. The van der Waals surface area contributed by atoms with E-state index in [2.05, 4.69) is 18.7 Å². The second kappa shape index (κ2) is 14.4. The minimum atomic E-state index is -0.141. The summed E-state index contributed by atoms with van der Waals surface area (Å²) in [5.41, 5.74) is 1.96. The molecular formula is C31H44N4O2S2. The Labute approximate surface area is 243 Å². The monoisotopic (exact) mass is 568 g/mol. The molecule has 6 nitrogen and oxygen atoms in total. The number of fused-ring (bicyclic) bond motifs is 1. The van der Waals surface area contributed by atoms with Gasteiger partial charge in [-0.05, 0) is 49.8 Å². The van der Waals surface area contributed by atoms with E-state index in [1.165, 1.54) is 63.1 Å². The lowest BCUT2D eigenvalue weighted by Gasteiger charge is -2.32. The highest BCUT2D eigenvalue weighted by atomic mass is 32.2. The van der Waals surface area contributed by atoms with Crippen molar-refractivity contribution in [3.05, 3.63) is 44.7 Å². The molecule has 39 heavy (non-hydrogen) atoms. The quantitative estimate of drug-likeness (QED) is 0.143. The average Bonchev–Trinajstić information content (AvgIpc) is 3.19. The van der Waals surface area contributed by atoms with Gasteiger partial charge in [0.05, 0.1) is 10.5 Å². The molecule has 2 aromatic rings. The van der Waals surface area contributed by atoms with Gasteiger partial charge in [-0.15, -0.1) is 0 Å². The van der Waals surface area contributed by atoms with Crippen LogP contribution in [0.15, 0.2) is 28.0 Å². The van der Waals surface area contributed by atoms with Gasteiger partial charge in [0, 0.05) is 25.8 Å². The molecule has 0 spiro atoms. The van der Waals surface area contributed by atoms with E-state index in [0.717, 1.165) is 44.3 Å². The van der Waals surface area contributed by atoms with Crippen molar-refractivity contribution in [3.63, 3.8) is 0 Å². The number of thioether (sulfide) groups is 1. The predicted octanol–water partition coefficient (Wildman–Crippen LogP) is 7.36. The summed E-state index contributed by atoms with van der Waals surface area (Å²) >= 11 is 6.90. The molecule has 0 aliphatic carbocycles. The Balaban J connectivity index is 1.45. The van der Waals surface area contributed by atoms with Gasteiger partial charge >= 0.3 is 0 Å². The summed E-state index contributed by atoms with van der Waals surface area (Å²) < 4.78 is 2.18. The lowest BCUT2D eigenvalue weighted by atomic mass is 9.99. The van der Waals surface area contributed by atoms with Gasteiger partial charge in [-0.3, -0.25) is 18.9 Å². The highest BCUT2D eigenvalue weighted by Gasteiger charge is 2.33. The van der Waals surface area contributed by atoms with E-state index in [1.807, 2.05) is 19.1 Å². The highest BCUT2D eigenvalue weighted by molar-refractivity contribution is 8.26. The van der Waals surface area contributed by atoms with Gasteiger partial charge in [0.2, 0.25) is 0 Å². The van der Waals surface area contributed by atoms with Gasteiger partial charge in [-0.1, -0.05) is 102 Å². The molecule has 2 aliphatic heterocycles. The van der Waals surface area contributed by atoms with E-state index >= 15 is 0 Å². The van der Waals surface area contributed by atoms with E-state index in [0.29, 0.717) is 38.7 Å². The van der Waals surface area contributed by atoms with E-state index in [4.69, 9.17) is 17.2 Å².